The second-order valence-corrected chi connectivity index (χ2v) is 3.53. The fourth-order valence-corrected chi connectivity index (χ4v) is 1.70. The third kappa shape index (κ3) is 3.05. The van der Waals surface area contributed by atoms with Crippen LogP contribution >= 0.6 is 0 Å². The van der Waals surface area contributed by atoms with Gasteiger partial charge in [0.1, 0.15) is 0 Å². The zero-order valence-electron chi connectivity index (χ0n) is 7.27. The lowest BCUT2D eigenvalue weighted by atomic mass is 9.91. The first kappa shape index (κ1) is 9.90. The van der Waals surface area contributed by atoms with Crippen LogP contribution in [-0.2, 0) is 0 Å². The maximum atomic E-state index is 12.0. The molecule has 1 aliphatic rings. The molecule has 0 bridgehead atoms. The molecule has 0 aromatic heterocycles. The summed E-state index contributed by atoms with van der Waals surface area (Å²) in [6.07, 6.45) is 1.26. The van der Waals surface area contributed by atoms with Crippen LogP contribution in [0.3, 0.4) is 0 Å². The molecule has 0 aromatic rings. The topological polar surface area (TPSA) is 3.24 Å². The van der Waals surface area contributed by atoms with E-state index < -0.39 is 13.4 Å². The molecule has 0 saturated carbocycles. The molecular weight excluding hydrogens is 166 g/mol. The predicted octanol–water partition coefficient (Wildman–Crippen LogP) is 2.10. The van der Waals surface area contributed by atoms with Crippen molar-refractivity contribution in [3.8, 4) is 0 Å². The Morgan fingerprint density at radius 2 is 2.08 bits per heavy atom. The Hall–Kier alpha value is -0.185. The Morgan fingerprint density at radius 1 is 1.42 bits per heavy atom. The molecule has 0 N–H and O–H groups in total. The first-order valence-corrected chi connectivity index (χ1v) is 4.44. The zero-order chi connectivity index (χ0) is 9.19. The second kappa shape index (κ2) is 3.68. The number of hydrogen-bond donors (Lipinski definition) is 0. The maximum Gasteiger partial charge on any atom is 0.492 e. The fraction of sp³-hybridized carbons (Fsp3) is 1.00. The summed E-state index contributed by atoms with van der Waals surface area (Å²) in [6.45, 7) is -1.32. The standard InChI is InChI=1S/C7H14BF3N/c1-2-7-3-4-12(5-7)6-8(9,10)11/h7H,2-6H2,1H3/q-1. The summed E-state index contributed by atoms with van der Waals surface area (Å²) in [6, 6.07) is 0. The number of nitrogens with zero attached hydrogens (tertiary/aromatic N) is 1. The lowest BCUT2D eigenvalue weighted by Gasteiger charge is -2.22. The summed E-state index contributed by atoms with van der Waals surface area (Å²) in [7, 11) is 0. The number of rotatable bonds is 3. The molecule has 72 valence electrons. The van der Waals surface area contributed by atoms with Gasteiger partial charge in [0.25, 0.3) is 0 Å². The molecule has 0 spiro atoms. The van der Waals surface area contributed by atoms with E-state index in [1.54, 1.807) is 0 Å². The number of likely N-dealkylation sites (tertiary alicyclic amines) is 1. The molecule has 1 unspecified atom stereocenters. The van der Waals surface area contributed by atoms with E-state index in [0.717, 1.165) is 12.8 Å². The molecule has 12 heavy (non-hydrogen) atoms. The molecule has 1 aliphatic heterocycles. The minimum atomic E-state index is -4.62. The Bertz CT molecular complexity index is 148. The molecule has 0 aliphatic carbocycles. The summed E-state index contributed by atoms with van der Waals surface area (Å²) in [5, 5.41) is 0. The highest BCUT2D eigenvalue weighted by molar-refractivity contribution is 6.58. The minimum absolute atomic E-state index is 0.489. The van der Waals surface area contributed by atoms with Gasteiger partial charge in [0.2, 0.25) is 0 Å². The highest BCUT2D eigenvalue weighted by atomic mass is 19.4. The molecular formula is C7H14BF3N-. The predicted molar refractivity (Wildman–Crippen MR) is 43.9 cm³/mol. The van der Waals surface area contributed by atoms with Gasteiger partial charge in [0.15, 0.2) is 0 Å². The highest BCUT2D eigenvalue weighted by Crippen LogP contribution is 2.21. The molecule has 1 fully saturated rings. The van der Waals surface area contributed by atoms with Gasteiger partial charge in [-0.1, -0.05) is 13.3 Å². The van der Waals surface area contributed by atoms with Crippen LogP contribution in [0.25, 0.3) is 0 Å². The van der Waals surface area contributed by atoms with E-state index >= 15 is 0 Å². The van der Waals surface area contributed by atoms with E-state index in [1.807, 2.05) is 6.92 Å². The van der Waals surface area contributed by atoms with Gasteiger partial charge >= 0.3 is 6.98 Å². The largest absolute Gasteiger partial charge is 0.492 e. The fourth-order valence-electron chi connectivity index (χ4n) is 1.70. The van der Waals surface area contributed by atoms with Crippen LogP contribution in [0.4, 0.5) is 12.9 Å². The molecule has 1 heterocycles. The van der Waals surface area contributed by atoms with Crippen molar-refractivity contribution >= 4 is 6.98 Å². The number of halogens is 3. The smallest absolute Gasteiger partial charge is 0.448 e. The van der Waals surface area contributed by atoms with Crippen molar-refractivity contribution < 1.29 is 12.9 Å². The second-order valence-electron chi connectivity index (χ2n) is 3.53. The Kier molecular flexibility index (Phi) is 3.04. The SMILES string of the molecule is CCC1CCN(C[B-](F)(F)F)C1. The number of hydrogen-bond acceptors (Lipinski definition) is 1. The lowest BCUT2D eigenvalue weighted by molar-refractivity contribution is 0.319. The van der Waals surface area contributed by atoms with Crippen LogP contribution in [0, 0.1) is 5.92 Å². The van der Waals surface area contributed by atoms with Crippen LogP contribution in [0.5, 0.6) is 0 Å². The molecule has 1 atom stereocenters. The zero-order valence-corrected chi connectivity index (χ0v) is 7.27. The van der Waals surface area contributed by atoms with E-state index in [9.17, 15) is 12.9 Å². The van der Waals surface area contributed by atoms with Gasteiger partial charge in [-0.2, -0.15) is 0 Å². The lowest BCUT2D eigenvalue weighted by Crippen LogP contribution is -2.36. The van der Waals surface area contributed by atoms with Gasteiger partial charge in [-0.25, -0.2) is 0 Å². The van der Waals surface area contributed by atoms with Crippen molar-refractivity contribution in [2.45, 2.75) is 19.8 Å². The van der Waals surface area contributed by atoms with Crippen LogP contribution in [-0.4, -0.2) is 31.4 Å². The Labute approximate surface area is 71.0 Å². The monoisotopic (exact) mass is 180 g/mol. The minimum Gasteiger partial charge on any atom is -0.448 e. The van der Waals surface area contributed by atoms with Crippen molar-refractivity contribution in [2.75, 3.05) is 19.5 Å². The quantitative estimate of drug-likeness (QED) is 0.601. The summed E-state index contributed by atoms with van der Waals surface area (Å²) in [5.41, 5.74) is 0. The van der Waals surface area contributed by atoms with Crippen molar-refractivity contribution in [3.05, 3.63) is 0 Å². The van der Waals surface area contributed by atoms with E-state index in [0.29, 0.717) is 19.0 Å². The normalized spacial score (nSPS) is 26.5. The van der Waals surface area contributed by atoms with Crippen molar-refractivity contribution in [1.29, 1.82) is 0 Å². The Morgan fingerprint density at radius 3 is 2.50 bits per heavy atom. The van der Waals surface area contributed by atoms with Crippen molar-refractivity contribution in [1.82, 2.24) is 4.90 Å². The van der Waals surface area contributed by atoms with E-state index in [2.05, 4.69) is 0 Å². The van der Waals surface area contributed by atoms with Crippen LogP contribution in [0.2, 0.25) is 0 Å². The van der Waals surface area contributed by atoms with Crippen molar-refractivity contribution in [2.24, 2.45) is 5.92 Å². The molecule has 1 rings (SSSR count). The van der Waals surface area contributed by atoms with Gasteiger partial charge in [0.05, 0.1) is 0 Å². The summed E-state index contributed by atoms with van der Waals surface area (Å²) in [4.78, 5) is 1.52. The summed E-state index contributed by atoms with van der Waals surface area (Å²) < 4.78 is 35.9. The van der Waals surface area contributed by atoms with Gasteiger partial charge in [-0.05, 0) is 31.9 Å². The average Bonchev–Trinajstić information content (AvgIpc) is 2.32. The first-order valence-electron chi connectivity index (χ1n) is 4.44. The van der Waals surface area contributed by atoms with Gasteiger partial charge < -0.3 is 17.8 Å². The Balaban J connectivity index is 2.28. The molecule has 1 saturated heterocycles. The molecule has 1 nitrogen and oxygen atoms in total. The first-order chi connectivity index (χ1) is 5.51. The molecule has 0 amide bonds. The van der Waals surface area contributed by atoms with Crippen molar-refractivity contribution in [3.63, 3.8) is 0 Å². The van der Waals surface area contributed by atoms with E-state index in [1.165, 1.54) is 4.90 Å². The highest BCUT2D eigenvalue weighted by Gasteiger charge is 2.30. The van der Waals surface area contributed by atoms with Gasteiger partial charge in [-0.15, -0.1) is 0 Å². The molecule has 0 aromatic carbocycles. The van der Waals surface area contributed by atoms with Crippen LogP contribution < -0.4 is 0 Å². The maximum absolute atomic E-state index is 12.0. The van der Waals surface area contributed by atoms with E-state index in [4.69, 9.17) is 0 Å². The third-order valence-corrected chi connectivity index (χ3v) is 2.41. The van der Waals surface area contributed by atoms with Gasteiger partial charge in [0, 0.05) is 0 Å². The van der Waals surface area contributed by atoms with Crippen LogP contribution in [0.1, 0.15) is 19.8 Å². The summed E-state index contributed by atoms with van der Waals surface area (Å²) in [5.74, 6) is 0.489. The van der Waals surface area contributed by atoms with Crippen LogP contribution in [0.15, 0.2) is 0 Å². The van der Waals surface area contributed by atoms with E-state index in [-0.39, 0.29) is 0 Å². The summed E-state index contributed by atoms with van der Waals surface area (Å²) >= 11 is 0. The average molecular weight is 180 g/mol. The molecule has 0 radical (unpaired) electrons. The third-order valence-electron chi connectivity index (χ3n) is 2.41. The van der Waals surface area contributed by atoms with Gasteiger partial charge in [-0.3, -0.25) is 0 Å². The molecule has 5 heteroatoms.